The summed E-state index contributed by atoms with van der Waals surface area (Å²) in [6, 6.07) is 1.60. The second kappa shape index (κ2) is 5.15. The van der Waals surface area contributed by atoms with Gasteiger partial charge in [0.2, 0.25) is 0 Å². The van der Waals surface area contributed by atoms with E-state index in [4.69, 9.17) is 11.6 Å². The minimum atomic E-state index is -0.459. The van der Waals surface area contributed by atoms with Gasteiger partial charge in [0.1, 0.15) is 5.69 Å². The van der Waals surface area contributed by atoms with Crippen molar-refractivity contribution >= 4 is 16.8 Å². The van der Waals surface area contributed by atoms with E-state index in [1.54, 1.807) is 16.9 Å². The van der Waals surface area contributed by atoms with Crippen molar-refractivity contribution in [3.63, 3.8) is 0 Å². The highest BCUT2D eigenvalue weighted by Gasteiger charge is 2.12. The van der Waals surface area contributed by atoms with Gasteiger partial charge in [0.05, 0.1) is 0 Å². The molecule has 1 aliphatic rings. The largest absolute Gasteiger partial charge is 0.274 e. The fourth-order valence-corrected chi connectivity index (χ4v) is 1.08. The lowest BCUT2D eigenvalue weighted by Crippen LogP contribution is -2.04. The molecule has 0 bridgehead atoms. The van der Waals surface area contributed by atoms with Crippen molar-refractivity contribution in [2.45, 2.75) is 33.2 Å². The van der Waals surface area contributed by atoms with Crippen molar-refractivity contribution in [3.8, 4) is 0 Å². The molecule has 0 saturated heterocycles. The fraction of sp³-hybridized carbons (Fsp3) is 0.600. The molecular weight excluding hydrogens is 200 g/mol. The summed E-state index contributed by atoms with van der Waals surface area (Å²) in [6.07, 6.45) is 4.53. The average molecular weight is 215 g/mol. The molecule has 4 heteroatoms. The number of carbonyl (C=O) groups excluding carboxylic acids is 1. The van der Waals surface area contributed by atoms with Gasteiger partial charge in [0.15, 0.2) is 0 Å². The molecule has 78 valence electrons. The lowest BCUT2D eigenvalue weighted by atomic mass is 10.5. The van der Waals surface area contributed by atoms with Crippen LogP contribution in [0.1, 0.15) is 37.2 Å². The van der Waals surface area contributed by atoms with Gasteiger partial charge in [-0.3, -0.25) is 9.48 Å². The molecule has 1 saturated carbocycles. The third-order valence-electron chi connectivity index (χ3n) is 2.08. The second-order valence-corrected chi connectivity index (χ2v) is 3.83. The Balaban J connectivity index is 0.000000203. The fourth-order valence-electron chi connectivity index (χ4n) is 0.918. The number of hydrogen-bond donors (Lipinski definition) is 0. The zero-order valence-electron chi connectivity index (χ0n) is 8.53. The van der Waals surface area contributed by atoms with Crippen LogP contribution in [0, 0.1) is 5.92 Å². The van der Waals surface area contributed by atoms with Crippen molar-refractivity contribution in [2.24, 2.45) is 5.92 Å². The van der Waals surface area contributed by atoms with E-state index in [0.29, 0.717) is 12.2 Å². The maximum Gasteiger partial charge on any atom is 0.270 e. The van der Waals surface area contributed by atoms with Crippen LogP contribution in [0.15, 0.2) is 12.3 Å². The first-order valence-electron chi connectivity index (χ1n) is 4.86. The van der Waals surface area contributed by atoms with Crippen LogP contribution in [-0.2, 0) is 6.54 Å². The summed E-state index contributed by atoms with van der Waals surface area (Å²) in [4.78, 5) is 10.6. The zero-order valence-corrected chi connectivity index (χ0v) is 9.29. The maximum atomic E-state index is 10.6. The number of rotatable bonds is 2. The maximum absolute atomic E-state index is 10.6. The molecule has 0 radical (unpaired) electrons. The molecule has 1 aromatic heterocycles. The third kappa shape index (κ3) is 3.50. The lowest BCUT2D eigenvalue weighted by molar-refractivity contribution is 0.107. The van der Waals surface area contributed by atoms with E-state index in [1.807, 2.05) is 6.92 Å². The molecule has 0 unspecified atom stereocenters. The van der Waals surface area contributed by atoms with Crippen LogP contribution in [0.4, 0.5) is 0 Å². The standard InChI is InChI=1S/C6H7ClN2O.C4H8/c1-2-9-5(6(7)10)3-4-8-9;1-4-2-3-4/h3-4H,2H2,1H3;4H,2-3H2,1H3. The van der Waals surface area contributed by atoms with Crippen molar-refractivity contribution in [1.82, 2.24) is 9.78 Å². The average Bonchev–Trinajstić information content (AvgIpc) is 2.79. The van der Waals surface area contributed by atoms with Gasteiger partial charge in [0, 0.05) is 12.7 Å². The molecule has 1 aliphatic carbocycles. The predicted molar refractivity (Wildman–Crippen MR) is 56.5 cm³/mol. The molecule has 1 aromatic rings. The van der Waals surface area contributed by atoms with Crippen molar-refractivity contribution in [2.75, 3.05) is 0 Å². The van der Waals surface area contributed by atoms with Gasteiger partial charge >= 0.3 is 0 Å². The number of carbonyl (C=O) groups is 1. The minimum absolute atomic E-state index is 0.448. The number of nitrogens with zero attached hydrogens (tertiary/aromatic N) is 2. The van der Waals surface area contributed by atoms with E-state index in [9.17, 15) is 4.79 Å². The van der Waals surface area contributed by atoms with E-state index >= 15 is 0 Å². The SMILES string of the molecule is CC1CC1.CCn1nccc1C(=O)Cl. The van der Waals surface area contributed by atoms with Gasteiger partial charge in [-0.2, -0.15) is 5.10 Å². The highest BCUT2D eigenvalue weighted by Crippen LogP contribution is 2.26. The molecule has 2 rings (SSSR count). The highest BCUT2D eigenvalue weighted by molar-refractivity contribution is 6.67. The van der Waals surface area contributed by atoms with Crippen LogP contribution in [0.3, 0.4) is 0 Å². The highest BCUT2D eigenvalue weighted by atomic mass is 35.5. The summed E-state index contributed by atoms with van der Waals surface area (Å²) < 4.78 is 1.55. The van der Waals surface area contributed by atoms with Crippen molar-refractivity contribution < 1.29 is 4.79 Å². The second-order valence-electron chi connectivity index (χ2n) is 3.49. The summed E-state index contributed by atoms with van der Waals surface area (Å²) >= 11 is 5.23. The number of aromatic nitrogens is 2. The molecule has 0 amide bonds. The van der Waals surface area contributed by atoms with Crippen LogP contribution >= 0.6 is 11.6 Å². The Kier molecular flexibility index (Phi) is 4.14. The summed E-state index contributed by atoms with van der Waals surface area (Å²) in [5.74, 6) is 1.08. The first kappa shape index (κ1) is 11.2. The van der Waals surface area contributed by atoms with Crippen LogP contribution in [0.2, 0.25) is 0 Å². The Labute approximate surface area is 89.1 Å². The van der Waals surface area contributed by atoms with E-state index in [1.165, 1.54) is 12.8 Å². The van der Waals surface area contributed by atoms with Crippen molar-refractivity contribution in [1.29, 1.82) is 0 Å². The monoisotopic (exact) mass is 214 g/mol. The Hall–Kier alpha value is -0.830. The number of aryl methyl sites for hydroxylation is 1. The molecule has 1 fully saturated rings. The molecule has 0 aromatic carbocycles. The van der Waals surface area contributed by atoms with Gasteiger partial charge in [-0.15, -0.1) is 0 Å². The Bertz CT molecular complexity index is 305. The minimum Gasteiger partial charge on any atom is -0.274 e. The van der Waals surface area contributed by atoms with Gasteiger partial charge in [-0.05, 0) is 30.5 Å². The van der Waals surface area contributed by atoms with Crippen LogP contribution < -0.4 is 0 Å². The van der Waals surface area contributed by atoms with E-state index < -0.39 is 5.24 Å². The first-order chi connectivity index (χ1) is 6.65. The summed E-state index contributed by atoms with van der Waals surface area (Å²) in [7, 11) is 0. The molecule has 0 N–H and O–H groups in total. The summed E-state index contributed by atoms with van der Waals surface area (Å²) in [6.45, 7) is 4.84. The number of halogens is 1. The zero-order chi connectivity index (χ0) is 10.6. The first-order valence-corrected chi connectivity index (χ1v) is 5.24. The van der Waals surface area contributed by atoms with E-state index in [2.05, 4.69) is 12.0 Å². The van der Waals surface area contributed by atoms with Gasteiger partial charge in [-0.1, -0.05) is 19.8 Å². The topological polar surface area (TPSA) is 34.9 Å². The molecule has 14 heavy (non-hydrogen) atoms. The normalized spacial score (nSPS) is 14.5. The molecule has 0 aliphatic heterocycles. The summed E-state index contributed by atoms with van der Waals surface area (Å²) in [5.41, 5.74) is 0.448. The molecule has 1 heterocycles. The quantitative estimate of drug-likeness (QED) is 0.710. The number of hydrogen-bond acceptors (Lipinski definition) is 2. The lowest BCUT2D eigenvalue weighted by Gasteiger charge is -1.96. The smallest absolute Gasteiger partial charge is 0.270 e. The summed E-state index contributed by atoms with van der Waals surface area (Å²) in [5, 5.41) is 3.41. The van der Waals surface area contributed by atoms with Gasteiger partial charge in [0.25, 0.3) is 5.24 Å². The Morgan fingerprint density at radius 1 is 1.71 bits per heavy atom. The Morgan fingerprint density at radius 2 is 2.29 bits per heavy atom. The van der Waals surface area contributed by atoms with Crippen LogP contribution in [0.5, 0.6) is 0 Å². The van der Waals surface area contributed by atoms with E-state index in [-0.39, 0.29) is 0 Å². The van der Waals surface area contributed by atoms with Crippen molar-refractivity contribution in [3.05, 3.63) is 18.0 Å². The molecule has 0 spiro atoms. The molecule has 0 atom stereocenters. The van der Waals surface area contributed by atoms with Crippen LogP contribution in [0.25, 0.3) is 0 Å². The molecular formula is C10H15ClN2O. The van der Waals surface area contributed by atoms with E-state index in [0.717, 1.165) is 5.92 Å². The van der Waals surface area contributed by atoms with Crippen LogP contribution in [-0.4, -0.2) is 15.0 Å². The third-order valence-corrected chi connectivity index (χ3v) is 2.28. The Morgan fingerprint density at radius 3 is 2.57 bits per heavy atom. The van der Waals surface area contributed by atoms with Gasteiger partial charge < -0.3 is 0 Å². The predicted octanol–water partition coefficient (Wildman–Crippen LogP) is 2.70. The molecule has 3 nitrogen and oxygen atoms in total. The van der Waals surface area contributed by atoms with Gasteiger partial charge in [-0.25, -0.2) is 0 Å².